The van der Waals surface area contributed by atoms with Gasteiger partial charge >= 0.3 is 0 Å². The van der Waals surface area contributed by atoms with Crippen LogP contribution in [0.2, 0.25) is 0 Å². The molecule has 2 heterocycles. The first kappa shape index (κ1) is 11.1. The first-order valence-electron chi connectivity index (χ1n) is 5.07. The van der Waals surface area contributed by atoms with Crippen LogP contribution in [0.5, 0.6) is 0 Å². The molecule has 0 radical (unpaired) electrons. The maximum atomic E-state index is 5.44. The van der Waals surface area contributed by atoms with Crippen LogP contribution in [0.3, 0.4) is 0 Å². The van der Waals surface area contributed by atoms with E-state index in [1.165, 1.54) is 0 Å². The summed E-state index contributed by atoms with van der Waals surface area (Å²) < 4.78 is 11.1. The van der Waals surface area contributed by atoms with Gasteiger partial charge < -0.3 is 9.47 Å². The summed E-state index contributed by atoms with van der Waals surface area (Å²) in [5.74, 6) is 0. The van der Waals surface area contributed by atoms with Crippen LogP contribution in [-0.4, -0.2) is 27.2 Å². The van der Waals surface area contributed by atoms with E-state index >= 15 is 0 Å². The average Bonchev–Trinajstić information content (AvgIpc) is 2.95. The summed E-state index contributed by atoms with van der Waals surface area (Å²) in [6.07, 6.45) is 1.14. The fraction of sp³-hybridized carbons (Fsp3) is 1.00. The lowest BCUT2D eigenvalue weighted by atomic mass is 10.4. The second-order valence-electron chi connectivity index (χ2n) is 4.54. The largest absolute Gasteiger partial charge is 0.358 e. The molecule has 0 N–H and O–H groups in total. The van der Waals surface area contributed by atoms with Gasteiger partial charge in [-0.2, -0.15) is 0 Å². The molecule has 0 aromatic carbocycles. The van der Waals surface area contributed by atoms with Crippen molar-refractivity contribution in [3.8, 4) is 0 Å². The van der Waals surface area contributed by atoms with Crippen LogP contribution in [0.1, 0.15) is 34.1 Å². The molecular weight excluding hydrogens is 216 g/mol. The Morgan fingerprint density at radius 3 is 1.71 bits per heavy atom. The van der Waals surface area contributed by atoms with E-state index in [4.69, 9.17) is 9.47 Å². The summed E-state index contributed by atoms with van der Waals surface area (Å²) in [6.45, 7) is 10.7. The SMILES string of the molecule is CCC(C)(SC1(C)CO1)SC1(C)CO1. The van der Waals surface area contributed by atoms with Crippen LogP contribution >= 0.6 is 23.5 Å². The number of hydrogen-bond donors (Lipinski definition) is 0. The fourth-order valence-corrected chi connectivity index (χ4v) is 5.09. The molecule has 14 heavy (non-hydrogen) atoms. The highest BCUT2D eigenvalue weighted by atomic mass is 32.2. The van der Waals surface area contributed by atoms with E-state index in [0.717, 1.165) is 19.6 Å². The summed E-state index contributed by atoms with van der Waals surface area (Å²) >= 11 is 3.89. The Kier molecular flexibility index (Phi) is 2.62. The molecule has 0 amide bonds. The second kappa shape index (κ2) is 3.30. The van der Waals surface area contributed by atoms with Crippen molar-refractivity contribution in [3.63, 3.8) is 0 Å². The smallest absolute Gasteiger partial charge is 0.135 e. The highest BCUT2D eigenvalue weighted by Crippen LogP contribution is 2.58. The maximum Gasteiger partial charge on any atom is 0.135 e. The highest BCUT2D eigenvalue weighted by Gasteiger charge is 2.51. The third kappa shape index (κ3) is 2.60. The van der Waals surface area contributed by atoms with Gasteiger partial charge in [-0.15, -0.1) is 23.5 Å². The maximum absolute atomic E-state index is 5.44. The summed E-state index contributed by atoms with van der Waals surface area (Å²) in [7, 11) is 0. The Morgan fingerprint density at radius 2 is 1.50 bits per heavy atom. The minimum absolute atomic E-state index is 0.0724. The van der Waals surface area contributed by atoms with Crippen molar-refractivity contribution >= 4 is 23.5 Å². The molecule has 0 spiro atoms. The molecule has 2 aliphatic rings. The van der Waals surface area contributed by atoms with Gasteiger partial charge in [-0.25, -0.2) is 0 Å². The first-order valence-corrected chi connectivity index (χ1v) is 6.70. The normalized spacial score (nSPS) is 44.6. The molecule has 0 saturated carbocycles. The Balaban J connectivity index is 1.94. The van der Waals surface area contributed by atoms with Gasteiger partial charge in [0, 0.05) is 0 Å². The van der Waals surface area contributed by atoms with Crippen LogP contribution in [0.25, 0.3) is 0 Å². The Hall–Kier alpha value is 0.620. The molecule has 0 aliphatic carbocycles. The van der Waals surface area contributed by atoms with Crippen molar-refractivity contribution in [3.05, 3.63) is 0 Å². The number of epoxide rings is 2. The summed E-state index contributed by atoms with van der Waals surface area (Å²) in [4.78, 5) is 0.145. The van der Waals surface area contributed by atoms with Crippen molar-refractivity contribution in [2.75, 3.05) is 13.2 Å². The topological polar surface area (TPSA) is 25.1 Å². The van der Waals surface area contributed by atoms with Crippen molar-refractivity contribution < 1.29 is 9.47 Å². The van der Waals surface area contributed by atoms with Crippen molar-refractivity contribution in [2.45, 2.75) is 48.1 Å². The molecule has 2 rings (SSSR count). The van der Waals surface area contributed by atoms with Gasteiger partial charge in [0.1, 0.15) is 9.87 Å². The predicted octanol–water partition coefficient (Wildman–Crippen LogP) is 3.07. The zero-order valence-electron chi connectivity index (χ0n) is 9.25. The van der Waals surface area contributed by atoms with Crippen LogP contribution in [0.15, 0.2) is 0 Å². The fourth-order valence-electron chi connectivity index (χ4n) is 1.40. The third-order valence-corrected chi connectivity index (χ3v) is 5.88. The van der Waals surface area contributed by atoms with Crippen molar-refractivity contribution in [2.24, 2.45) is 0 Å². The van der Waals surface area contributed by atoms with Gasteiger partial charge in [0.25, 0.3) is 0 Å². The van der Waals surface area contributed by atoms with Crippen molar-refractivity contribution in [1.82, 2.24) is 0 Å². The monoisotopic (exact) mass is 234 g/mol. The van der Waals surface area contributed by atoms with Crippen LogP contribution < -0.4 is 0 Å². The Labute approximate surface area is 94.5 Å². The summed E-state index contributed by atoms with van der Waals surface area (Å²) in [5.41, 5.74) is 0. The van der Waals surface area contributed by atoms with E-state index < -0.39 is 0 Å². The van der Waals surface area contributed by atoms with E-state index in [1.807, 2.05) is 23.5 Å². The zero-order chi connectivity index (χ0) is 10.4. The summed E-state index contributed by atoms with van der Waals surface area (Å²) in [5, 5.41) is 0. The molecule has 2 atom stereocenters. The lowest BCUT2D eigenvalue weighted by molar-refractivity contribution is 0.397. The Morgan fingerprint density at radius 1 is 1.14 bits per heavy atom. The molecule has 0 bridgehead atoms. The lowest BCUT2D eigenvalue weighted by Crippen LogP contribution is -2.23. The quantitative estimate of drug-likeness (QED) is 0.539. The second-order valence-corrected chi connectivity index (χ2v) is 8.73. The van der Waals surface area contributed by atoms with Crippen LogP contribution in [-0.2, 0) is 9.47 Å². The molecule has 2 fully saturated rings. The number of hydrogen-bond acceptors (Lipinski definition) is 4. The van der Waals surface area contributed by atoms with Gasteiger partial charge in [0.05, 0.1) is 17.3 Å². The molecule has 82 valence electrons. The van der Waals surface area contributed by atoms with E-state index in [0.29, 0.717) is 0 Å². The molecule has 0 aromatic heterocycles. The first-order chi connectivity index (χ1) is 6.39. The molecule has 0 aromatic rings. The predicted molar refractivity (Wildman–Crippen MR) is 62.6 cm³/mol. The minimum atomic E-state index is 0.0724. The molecule has 4 heteroatoms. The standard InChI is InChI=1S/C10H18O2S2/c1-5-10(4,13-8(2)6-11-8)14-9(3)7-12-9/h5-7H2,1-4H3. The van der Waals surface area contributed by atoms with Gasteiger partial charge in [-0.1, -0.05) is 6.92 Å². The van der Waals surface area contributed by atoms with Gasteiger partial charge in [0.2, 0.25) is 0 Å². The van der Waals surface area contributed by atoms with Gasteiger partial charge in [0.15, 0.2) is 0 Å². The lowest BCUT2D eigenvalue weighted by Gasteiger charge is -2.30. The van der Waals surface area contributed by atoms with Crippen LogP contribution in [0.4, 0.5) is 0 Å². The minimum Gasteiger partial charge on any atom is -0.358 e. The Bertz CT molecular complexity index is 214. The van der Waals surface area contributed by atoms with E-state index in [1.54, 1.807) is 0 Å². The molecule has 2 saturated heterocycles. The van der Waals surface area contributed by atoms with Gasteiger partial charge in [-0.05, 0) is 27.2 Å². The molecule has 2 unspecified atom stereocenters. The average molecular weight is 234 g/mol. The number of ether oxygens (including phenoxy) is 2. The summed E-state index contributed by atoms with van der Waals surface area (Å²) in [6, 6.07) is 0. The number of rotatable bonds is 5. The van der Waals surface area contributed by atoms with E-state index in [2.05, 4.69) is 27.7 Å². The van der Waals surface area contributed by atoms with Gasteiger partial charge in [-0.3, -0.25) is 0 Å². The zero-order valence-corrected chi connectivity index (χ0v) is 10.9. The van der Waals surface area contributed by atoms with Crippen LogP contribution in [0, 0.1) is 0 Å². The number of thioether (sulfide) groups is 2. The van der Waals surface area contributed by atoms with E-state index in [9.17, 15) is 0 Å². The van der Waals surface area contributed by atoms with Crippen molar-refractivity contribution in [1.29, 1.82) is 0 Å². The van der Waals surface area contributed by atoms with E-state index in [-0.39, 0.29) is 13.9 Å². The molecule has 2 nitrogen and oxygen atoms in total. The molecular formula is C10H18O2S2. The third-order valence-electron chi connectivity index (χ3n) is 2.61. The highest BCUT2D eigenvalue weighted by molar-refractivity contribution is 8.19. The molecule has 2 aliphatic heterocycles.